The third-order valence-electron chi connectivity index (χ3n) is 4.62. The first kappa shape index (κ1) is 16.0. The minimum atomic E-state index is 0.107. The Morgan fingerprint density at radius 1 is 0.923 bits per heavy atom. The summed E-state index contributed by atoms with van der Waals surface area (Å²) in [5, 5.41) is 9.06. The molecule has 128 valence electrons. The van der Waals surface area contributed by atoms with Crippen molar-refractivity contribution in [2.75, 3.05) is 29.4 Å². The second-order valence-corrected chi connectivity index (χ2v) is 6.14. The first-order chi connectivity index (χ1) is 12.8. The summed E-state index contributed by atoms with van der Waals surface area (Å²) in [4.78, 5) is 17.8. The number of hydrogen-bond acceptors (Lipinski definition) is 6. The monoisotopic (exact) mass is 342 g/mol. The number of hydrogen-bond donors (Lipinski definition) is 0. The van der Waals surface area contributed by atoms with Crippen LogP contribution >= 0.6 is 0 Å². The van der Waals surface area contributed by atoms with Crippen molar-refractivity contribution in [3.63, 3.8) is 0 Å². The fourth-order valence-corrected chi connectivity index (χ4v) is 3.31. The molecule has 6 nitrogen and oxygen atoms in total. The van der Waals surface area contributed by atoms with E-state index in [1.165, 1.54) is 0 Å². The molecule has 0 saturated carbocycles. The van der Waals surface area contributed by atoms with E-state index in [2.05, 4.69) is 30.8 Å². The topological polar surface area (TPSA) is 68.9 Å². The van der Waals surface area contributed by atoms with Crippen molar-refractivity contribution in [3.8, 4) is 6.07 Å². The smallest absolute Gasteiger partial charge is 0.147 e. The Hall–Kier alpha value is -3.46. The van der Waals surface area contributed by atoms with E-state index in [0.717, 1.165) is 36.8 Å². The molecule has 1 unspecified atom stereocenters. The molecule has 1 aromatic carbocycles. The maximum absolute atomic E-state index is 9.06. The molecule has 0 N–H and O–H groups in total. The lowest BCUT2D eigenvalue weighted by Crippen LogP contribution is -2.49. The molecular weight excluding hydrogens is 324 g/mol. The number of piperazine rings is 1. The molecule has 4 rings (SSSR count). The third kappa shape index (κ3) is 3.20. The van der Waals surface area contributed by atoms with E-state index in [9.17, 15) is 0 Å². The second-order valence-electron chi connectivity index (χ2n) is 6.14. The van der Waals surface area contributed by atoms with Crippen LogP contribution in [-0.2, 0) is 0 Å². The molecule has 3 aromatic rings. The Bertz CT molecular complexity index is 889. The molecule has 1 fully saturated rings. The quantitative estimate of drug-likeness (QED) is 0.729. The van der Waals surface area contributed by atoms with Crippen LogP contribution in [0, 0.1) is 11.3 Å². The predicted octanol–water partition coefficient (Wildman–Crippen LogP) is 2.81. The van der Waals surface area contributed by atoms with E-state index >= 15 is 0 Å². The van der Waals surface area contributed by atoms with Crippen LogP contribution in [-0.4, -0.2) is 34.6 Å². The largest absolute Gasteiger partial charge is 0.352 e. The Morgan fingerprint density at radius 2 is 1.77 bits per heavy atom. The molecule has 1 atom stereocenters. The molecule has 26 heavy (non-hydrogen) atoms. The Morgan fingerprint density at radius 3 is 2.46 bits per heavy atom. The van der Waals surface area contributed by atoms with Crippen LogP contribution in [0.25, 0.3) is 0 Å². The normalized spacial score (nSPS) is 17.0. The van der Waals surface area contributed by atoms with Crippen molar-refractivity contribution < 1.29 is 0 Å². The Balaban J connectivity index is 1.68. The van der Waals surface area contributed by atoms with Gasteiger partial charge in [0.2, 0.25) is 0 Å². The summed E-state index contributed by atoms with van der Waals surface area (Å²) in [5.74, 6) is 1.84. The number of pyridine rings is 1. The molecule has 1 saturated heterocycles. The zero-order valence-corrected chi connectivity index (χ0v) is 14.2. The molecule has 0 bridgehead atoms. The molecular formula is C20H18N6. The van der Waals surface area contributed by atoms with Gasteiger partial charge in [0.1, 0.15) is 11.6 Å². The van der Waals surface area contributed by atoms with Crippen LogP contribution in [0.5, 0.6) is 0 Å². The second kappa shape index (κ2) is 7.19. The highest BCUT2D eigenvalue weighted by atomic mass is 15.3. The van der Waals surface area contributed by atoms with Crippen molar-refractivity contribution in [2.45, 2.75) is 6.04 Å². The summed E-state index contributed by atoms with van der Waals surface area (Å²) >= 11 is 0. The molecule has 3 heterocycles. The van der Waals surface area contributed by atoms with E-state index in [-0.39, 0.29) is 6.04 Å². The van der Waals surface area contributed by atoms with Crippen LogP contribution < -0.4 is 9.80 Å². The molecule has 1 aliphatic heterocycles. The highest BCUT2D eigenvalue weighted by molar-refractivity contribution is 5.48. The maximum atomic E-state index is 9.06. The van der Waals surface area contributed by atoms with Gasteiger partial charge in [0.25, 0.3) is 0 Å². The predicted molar refractivity (Wildman–Crippen MR) is 99.7 cm³/mol. The van der Waals surface area contributed by atoms with Gasteiger partial charge in [0.05, 0.1) is 23.9 Å². The average molecular weight is 342 g/mol. The summed E-state index contributed by atoms with van der Waals surface area (Å²) in [7, 11) is 0. The standard InChI is InChI=1S/C20H18N6/c21-13-16-4-6-17(7-5-16)18-15-25(19-3-1-2-8-23-19)11-12-26(18)20-14-22-9-10-24-20/h1-10,14,18H,11-12,15H2. The summed E-state index contributed by atoms with van der Waals surface area (Å²) in [6.07, 6.45) is 7.02. The summed E-state index contributed by atoms with van der Waals surface area (Å²) < 4.78 is 0. The average Bonchev–Trinajstić information content (AvgIpc) is 2.75. The van der Waals surface area contributed by atoms with E-state index in [4.69, 9.17) is 5.26 Å². The van der Waals surface area contributed by atoms with Crippen molar-refractivity contribution in [1.29, 1.82) is 5.26 Å². The van der Waals surface area contributed by atoms with E-state index in [1.807, 2.05) is 48.7 Å². The zero-order chi connectivity index (χ0) is 17.8. The summed E-state index contributed by atoms with van der Waals surface area (Å²) in [6, 6.07) is 16.0. The fourth-order valence-electron chi connectivity index (χ4n) is 3.31. The molecule has 0 radical (unpaired) electrons. The Labute approximate surface area is 152 Å². The number of anilines is 2. The van der Waals surface area contributed by atoms with Gasteiger partial charge < -0.3 is 9.80 Å². The van der Waals surface area contributed by atoms with Gasteiger partial charge in [0, 0.05) is 38.2 Å². The maximum Gasteiger partial charge on any atom is 0.147 e. The van der Waals surface area contributed by atoms with E-state index in [0.29, 0.717) is 5.56 Å². The van der Waals surface area contributed by atoms with Crippen molar-refractivity contribution >= 4 is 11.6 Å². The lowest BCUT2D eigenvalue weighted by Gasteiger charge is -2.42. The minimum Gasteiger partial charge on any atom is -0.352 e. The number of aromatic nitrogens is 3. The molecule has 0 spiro atoms. The molecule has 2 aromatic heterocycles. The van der Waals surface area contributed by atoms with Crippen LogP contribution in [0.3, 0.4) is 0 Å². The van der Waals surface area contributed by atoms with E-state index in [1.54, 1.807) is 18.6 Å². The van der Waals surface area contributed by atoms with Crippen molar-refractivity contribution in [3.05, 3.63) is 78.4 Å². The summed E-state index contributed by atoms with van der Waals surface area (Å²) in [6.45, 7) is 2.47. The van der Waals surface area contributed by atoms with Gasteiger partial charge in [-0.05, 0) is 29.8 Å². The van der Waals surface area contributed by atoms with Gasteiger partial charge in [-0.25, -0.2) is 9.97 Å². The van der Waals surface area contributed by atoms with Crippen LogP contribution in [0.4, 0.5) is 11.6 Å². The first-order valence-corrected chi connectivity index (χ1v) is 8.54. The van der Waals surface area contributed by atoms with Crippen LogP contribution in [0.15, 0.2) is 67.3 Å². The third-order valence-corrected chi connectivity index (χ3v) is 4.62. The van der Waals surface area contributed by atoms with Crippen molar-refractivity contribution in [1.82, 2.24) is 15.0 Å². The molecule has 6 heteroatoms. The molecule has 0 amide bonds. The SMILES string of the molecule is N#Cc1ccc(C2CN(c3ccccn3)CCN2c2cnccn2)cc1. The molecule has 0 aliphatic carbocycles. The number of benzene rings is 1. The van der Waals surface area contributed by atoms with Gasteiger partial charge in [-0.2, -0.15) is 5.26 Å². The van der Waals surface area contributed by atoms with Crippen LogP contribution in [0.1, 0.15) is 17.2 Å². The fraction of sp³-hybridized carbons (Fsp3) is 0.200. The van der Waals surface area contributed by atoms with Gasteiger partial charge in [-0.3, -0.25) is 4.98 Å². The highest BCUT2D eigenvalue weighted by Gasteiger charge is 2.30. The van der Waals surface area contributed by atoms with Gasteiger partial charge in [-0.15, -0.1) is 0 Å². The van der Waals surface area contributed by atoms with Crippen LogP contribution in [0.2, 0.25) is 0 Å². The number of nitrogens with zero attached hydrogens (tertiary/aromatic N) is 6. The minimum absolute atomic E-state index is 0.107. The van der Waals surface area contributed by atoms with E-state index < -0.39 is 0 Å². The summed E-state index contributed by atoms with van der Waals surface area (Å²) in [5.41, 5.74) is 1.81. The number of nitriles is 1. The van der Waals surface area contributed by atoms with Crippen molar-refractivity contribution in [2.24, 2.45) is 0 Å². The zero-order valence-electron chi connectivity index (χ0n) is 14.2. The lowest BCUT2D eigenvalue weighted by molar-refractivity contribution is 0.530. The van der Waals surface area contributed by atoms with Gasteiger partial charge in [-0.1, -0.05) is 18.2 Å². The molecule has 1 aliphatic rings. The first-order valence-electron chi connectivity index (χ1n) is 8.54. The Kier molecular flexibility index (Phi) is 4.44. The number of rotatable bonds is 3. The van der Waals surface area contributed by atoms with Gasteiger partial charge in [0.15, 0.2) is 0 Å². The lowest BCUT2D eigenvalue weighted by atomic mass is 10.0. The highest BCUT2D eigenvalue weighted by Crippen LogP contribution is 2.31. The van der Waals surface area contributed by atoms with Gasteiger partial charge >= 0.3 is 0 Å².